The fourth-order valence-corrected chi connectivity index (χ4v) is 4.40. The summed E-state index contributed by atoms with van der Waals surface area (Å²) in [6.07, 6.45) is 5.78. The second-order valence-corrected chi connectivity index (χ2v) is 7.34. The number of thiazole rings is 1. The Balaban J connectivity index is 0.00000205. The molecular weight excluding hydrogens is 452 g/mol. The van der Waals surface area contributed by atoms with Crippen LogP contribution in [0.15, 0.2) is 54.3 Å². The fourth-order valence-electron chi connectivity index (χ4n) is 3.56. The summed E-state index contributed by atoms with van der Waals surface area (Å²) < 4.78 is 7.46. The van der Waals surface area contributed by atoms with Gasteiger partial charge in [0.05, 0.1) is 19.4 Å². The number of benzene rings is 1. The maximum Gasteiger partial charge on any atom is 0.137 e. The van der Waals surface area contributed by atoms with E-state index in [1.807, 2.05) is 36.5 Å². The van der Waals surface area contributed by atoms with Crippen LogP contribution in [0.4, 0.5) is 0 Å². The number of ether oxygens (including phenoxy) is 1. The molecule has 148 valence electrons. The SMILES string of the molecule is Br.COc1ccc2c(c1)c(-c1nc(-c3c[nH]c4ncccc34)cs1)cn2CCO. The molecule has 0 bridgehead atoms. The number of aliphatic hydroxyl groups is 1. The lowest BCUT2D eigenvalue weighted by atomic mass is 10.1. The van der Waals surface area contributed by atoms with E-state index < -0.39 is 0 Å². The zero-order chi connectivity index (χ0) is 19.1. The summed E-state index contributed by atoms with van der Waals surface area (Å²) >= 11 is 1.61. The Morgan fingerprint density at radius 3 is 2.93 bits per heavy atom. The lowest BCUT2D eigenvalue weighted by Crippen LogP contribution is -1.99. The van der Waals surface area contributed by atoms with Crippen molar-refractivity contribution in [3.63, 3.8) is 0 Å². The van der Waals surface area contributed by atoms with Crippen LogP contribution in [0.2, 0.25) is 0 Å². The molecule has 0 fully saturated rings. The van der Waals surface area contributed by atoms with Gasteiger partial charge in [0.15, 0.2) is 0 Å². The van der Waals surface area contributed by atoms with E-state index in [2.05, 4.69) is 26.1 Å². The van der Waals surface area contributed by atoms with Gasteiger partial charge in [-0.15, -0.1) is 28.3 Å². The van der Waals surface area contributed by atoms with E-state index in [-0.39, 0.29) is 23.6 Å². The monoisotopic (exact) mass is 470 g/mol. The lowest BCUT2D eigenvalue weighted by molar-refractivity contribution is 0.278. The second kappa shape index (κ2) is 7.98. The van der Waals surface area contributed by atoms with Gasteiger partial charge in [0.1, 0.15) is 16.4 Å². The molecule has 29 heavy (non-hydrogen) atoms. The molecule has 0 saturated carbocycles. The Labute approximate surface area is 181 Å². The van der Waals surface area contributed by atoms with Crippen LogP contribution in [0.25, 0.3) is 43.8 Å². The van der Waals surface area contributed by atoms with Gasteiger partial charge in [0.25, 0.3) is 0 Å². The highest BCUT2D eigenvalue weighted by atomic mass is 79.9. The number of nitrogens with one attached hydrogen (secondary N) is 1. The third kappa shape index (κ3) is 3.33. The van der Waals surface area contributed by atoms with Gasteiger partial charge in [-0.25, -0.2) is 9.97 Å². The van der Waals surface area contributed by atoms with Crippen molar-refractivity contribution >= 4 is 50.3 Å². The summed E-state index contributed by atoms with van der Waals surface area (Å²) in [5.74, 6) is 0.801. The van der Waals surface area contributed by atoms with Crippen molar-refractivity contribution in [1.82, 2.24) is 19.5 Å². The molecule has 6 nitrogen and oxygen atoms in total. The molecule has 5 aromatic rings. The van der Waals surface area contributed by atoms with Crippen molar-refractivity contribution in [2.75, 3.05) is 13.7 Å². The predicted octanol–water partition coefficient (Wildman–Crippen LogP) is 4.89. The first kappa shape index (κ1) is 19.6. The average Bonchev–Trinajstić information content (AvgIpc) is 3.44. The number of hydrogen-bond donors (Lipinski definition) is 2. The molecular formula is C21H19BrN4O2S. The number of nitrogens with zero attached hydrogens (tertiary/aromatic N) is 3. The van der Waals surface area contributed by atoms with Crippen LogP contribution >= 0.6 is 28.3 Å². The molecule has 5 rings (SSSR count). The molecule has 2 N–H and O–H groups in total. The van der Waals surface area contributed by atoms with Crippen molar-refractivity contribution in [2.45, 2.75) is 6.54 Å². The molecule has 4 heterocycles. The lowest BCUT2D eigenvalue weighted by Gasteiger charge is -2.03. The number of fused-ring (bicyclic) bond motifs is 2. The Kier molecular flexibility index (Phi) is 5.40. The summed E-state index contributed by atoms with van der Waals surface area (Å²) in [4.78, 5) is 12.5. The highest BCUT2D eigenvalue weighted by molar-refractivity contribution is 8.93. The summed E-state index contributed by atoms with van der Waals surface area (Å²) in [7, 11) is 1.66. The number of aromatic nitrogens is 4. The smallest absolute Gasteiger partial charge is 0.137 e. The van der Waals surface area contributed by atoms with E-state index in [1.165, 1.54) is 0 Å². The predicted molar refractivity (Wildman–Crippen MR) is 122 cm³/mol. The van der Waals surface area contributed by atoms with Gasteiger partial charge < -0.3 is 19.4 Å². The highest BCUT2D eigenvalue weighted by Gasteiger charge is 2.16. The first-order valence-corrected chi connectivity index (χ1v) is 9.82. The van der Waals surface area contributed by atoms with Gasteiger partial charge in [-0.05, 0) is 30.3 Å². The van der Waals surface area contributed by atoms with Gasteiger partial charge >= 0.3 is 0 Å². The summed E-state index contributed by atoms with van der Waals surface area (Å²) in [5, 5.41) is 14.5. The van der Waals surface area contributed by atoms with Crippen molar-refractivity contribution in [2.24, 2.45) is 0 Å². The molecule has 4 aromatic heterocycles. The minimum Gasteiger partial charge on any atom is -0.497 e. The maximum atomic E-state index is 9.42. The van der Waals surface area contributed by atoms with Crippen molar-refractivity contribution < 1.29 is 9.84 Å². The molecule has 0 saturated heterocycles. The topological polar surface area (TPSA) is 76.0 Å². The molecule has 0 aliphatic heterocycles. The average molecular weight is 471 g/mol. The summed E-state index contributed by atoms with van der Waals surface area (Å²) in [6, 6.07) is 9.96. The number of H-pyrrole nitrogens is 1. The highest BCUT2D eigenvalue weighted by Crippen LogP contribution is 2.37. The van der Waals surface area contributed by atoms with Gasteiger partial charge in [-0.2, -0.15) is 0 Å². The number of aliphatic hydroxyl groups excluding tert-OH is 1. The van der Waals surface area contributed by atoms with Crippen molar-refractivity contribution in [3.8, 4) is 27.6 Å². The van der Waals surface area contributed by atoms with E-state index in [9.17, 15) is 5.11 Å². The number of pyridine rings is 1. The first-order chi connectivity index (χ1) is 13.8. The number of aromatic amines is 1. The molecule has 0 spiro atoms. The molecule has 0 radical (unpaired) electrons. The maximum absolute atomic E-state index is 9.42. The van der Waals surface area contributed by atoms with Gasteiger partial charge in [0, 0.05) is 57.9 Å². The van der Waals surface area contributed by atoms with Crippen LogP contribution in [-0.4, -0.2) is 38.3 Å². The molecule has 0 aliphatic rings. The van der Waals surface area contributed by atoms with E-state index in [0.717, 1.165) is 49.5 Å². The normalized spacial score (nSPS) is 11.1. The largest absolute Gasteiger partial charge is 0.497 e. The molecule has 0 unspecified atom stereocenters. The van der Waals surface area contributed by atoms with Crippen molar-refractivity contribution in [1.29, 1.82) is 0 Å². The zero-order valence-corrected chi connectivity index (χ0v) is 18.2. The van der Waals surface area contributed by atoms with Crippen LogP contribution in [0.3, 0.4) is 0 Å². The minimum absolute atomic E-state index is 0. The number of halogens is 1. The quantitative estimate of drug-likeness (QED) is 0.383. The first-order valence-electron chi connectivity index (χ1n) is 8.94. The van der Waals surface area contributed by atoms with Crippen LogP contribution in [0.5, 0.6) is 5.75 Å². The Morgan fingerprint density at radius 2 is 2.10 bits per heavy atom. The van der Waals surface area contributed by atoms with Gasteiger partial charge in [-0.1, -0.05) is 0 Å². The molecule has 1 aromatic carbocycles. The number of methoxy groups -OCH3 is 1. The summed E-state index contributed by atoms with van der Waals surface area (Å²) in [6.45, 7) is 0.621. The van der Waals surface area contributed by atoms with Crippen LogP contribution in [0.1, 0.15) is 0 Å². The molecule has 0 atom stereocenters. The third-order valence-corrected chi connectivity index (χ3v) is 5.77. The molecule has 0 aliphatic carbocycles. The Bertz CT molecular complexity index is 1290. The van der Waals surface area contributed by atoms with E-state index in [1.54, 1.807) is 24.6 Å². The van der Waals surface area contributed by atoms with E-state index in [0.29, 0.717) is 6.54 Å². The number of hydrogen-bond acceptors (Lipinski definition) is 5. The van der Waals surface area contributed by atoms with Gasteiger partial charge in [0.2, 0.25) is 0 Å². The van der Waals surface area contributed by atoms with Crippen molar-refractivity contribution in [3.05, 3.63) is 54.3 Å². The summed E-state index contributed by atoms with van der Waals surface area (Å²) in [5.41, 5.74) is 4.92. The third-order valence-electron chi connectivity index (χ3n) is 4.89. The number of rotatable bonds is 5. The van der Waals surface area contributed by atoms with Crippen LogP contribution in [-0.2, 0) is 6.54 Å². The van der Waals surface area contributed by atoms with E-state index >= 15 is 0 Å². The molecule has 0 amide bonds. The zero-order valence-electron chi connectivity index (χ0n) is 15.6. The minimum atomic E-state index is 0. The van der Waals surface area contributed by atoms with Crippen LogP contribution in [0, 0.1) is 0 Å². The van der Waals surface area contributed by atoms with Gasteiger partial charge in [-0.3, -0.25) is 0 Å². The van der Waals surface area contributed by atoms with Crippen LogP contribution < -0.4 is 4.74 Å². The Hall–Kier alpha value is -2.68. The molecule has 8 heteroatoms. The second-order valence-electron chi connectivity index (χ2n) is 6.48. The van der Waals surface area contributed by atoms with E-state index in [4.69, 9.17) is 9.72 Å². The fraction of sp³-hybridized carbons (Fsp3) is 0.143. The Morgan fingerprint density at radius 1 is 1.21 bits per heavy atom. The standard InChI is InChI=1S/C21H18N4O2S.BrH/c1-27-13-4-5-19-15(9-13)17(11-25(19)7-8-26)21-24-18(12-28-21)16-10-23-20-14(16)3-2-6-22-20;/h2-6,9-12,26H,7-8H2,1H3,(H,22,23);1H.